The number of carboxylic acid groups (broad SMARTS) is 1. The van der Waals surface area contributed by atoms with Crippen LogP contribution in [0.15, 0.2) is 0 Å². The third kappa shape index (κ3) is 3.73. The molecule has 0 aliphatic rings. The predicted molar refractivity (Wildman–Crippen MR) is 52.6 cm³/mol. The molecule has 0 saturated heterocycles. The first kappa shape index (κ1) is 12.2. The summed E-state index contributed by atoms with van der Waals surface area (Å²) < 4.78 is 29.3. The molecule has 9 nitrogen and oxygen atoms in total. The van der Waals surface area contributed by atoms with Crippen molar-refractivity contribution < 1.29 is 23.1 Å². The first-order valence-corrected chi connectivity index (χ1v) is 5.77. The highest BCUT2D eigenvalue weighted by molar-refractivity contribution is 7.92. The van der Waals surface area contributed by atoms with Crippen LogP contribution in [0.4, 0.5) is 5.95 Å². The number of hydrogen-bond donors (Lipinski definition) is 3. The van der Waals surface area contributed by atoms with E-state index in [1.807, 2.05) is 4.72 Å². The Kier molecular flexibility index (Phi) is 3.66. The summed E-state index contributed by atoms with van der Waals surface area (Å²) in [4.78, 5) is 13.8. The summed E-state index contributed by atoms with van der Waals surface area (Å²) in [5.74, 6) is -1.85. The Morgan fingerprint density at radius 1 is 1.62 bits per heavy atom. The molecule has 0 saturated carbocycles. The maximum Gasteiger partial charge on any atom is 0.336 e. The molecule has 0 aromatic carbocycles. The van der Waals surface area contributed by atoms with Crippen LogP contribution in [0.25, 0.3) is 0 Å². The highest BCUT2D eigenvalue weighted by Gasteiger charge is 2.15. The molecule has 0 fully saturated rings. The van der Waals surface area contributed by atoms with Crippen molar-refractivity contribution in [3.05, 3.63) is 0 Å². The van der Waals surface area contributed by atoms with E-state index in [0.717, 1.165) is 0 Å². The first-order valence-electron chi connectivity index (χ1n) is 4.11. The minimum absolute atomic E-state index is 0.0177. The molecule has 0 bridgehead atoms. The molecule has 0 radical (unpaired) electrons. The average Bonchev–Trinajstić information content (AvgIpc) is 2.62. The van der Waals surface area contributed by atoms with Crippen molar-refractivity contribution in [3.63, 3.8) is 0 Å². The molecule has 90 valence electrons. The van der Waals surface area contributed by atoms with Gasteiger partial charge in [-0.1, -0.05) is 0 Å². The van der Waals surface area contributed by atoms with Crippen molar-refractivity contribution in [2.45, 2.75) is 6.42 Å². The molecule has 0 aliphatic carbocycles. The third-order valence-electron chi connectivity index (χ3n) is 1.48. The van der Waals surface area contributed by atoms with Gasteiger partial charge in [0.25, 0.3) is 0 Å². The molecular weight excluding hydrogens is 240 g/mol. The summed E-state index contributed by atoms with van der Waals surface area (Å²) in [6, 6.07) is -0.0177. The Morgan fingerprint density at radius 2 is 2.31 bits per heavy atom. The van der Waals surface area contributed by atoms with Crippen LogP contribution in [0.5, 0.6) is 6.01 Å². The van der Waals surface area contributed by atoms with Gasteiger partial charge in [-0.05, 0) is 0 Å². The number of methoxy groups -OCH3 is 1. The monoisotopic (exact) mass is 250 g/mol. The molecule has 1 rings (SSSR count). The van der Waals surface area contributed by atoms with Crippen LogP contribution in [0, 0.1) is 0 Å². The molecule has 0 atom stereocenters. The maximum absolute atomic E-state index is 11.3. The fraction of sp³-hybridized carbons (Fsp3) is 0.500. The highest BCUT2D eigenvalue weighted by Crippen LogP contribution is 2.07. The Labute approximate surface area is 90.9 Å². The molecule has 0 aliphatic heterocycles. The van der Waals surface area contributed by atoms with Gasteiger partial charge >= 0.3 is 12.0 Å². The smallest absolute Gasteiger partial charge is 0.336 e. The van der Waals surface area contributed by atoms with Crippen LogP contribution in [0.3, 0.4) is 0 Å². The van der Waals surface area contributed by atoms with Crippen LogP contribution >= 0.6 is 0 Å². The Hall–Kier alpha value is -1.84. The van der Waals surface area contributed by atoms with Crippen LogP contribution in [-0.4, -0.2) is 47.5 Å². The lowest BCUT2D eigenvalue weighted by molar-refractivity contribution is -0.136. The molecule has 1 aromatic rings. The second-order valence-corrected chi connectivity index (χ2v) is 4.58. The van der Waals surface area contributed by atoms with Gasteiger partial charge in [0.2, 0.25) is 16.0 Å². The van der Waals surface area contributed by atoms with Crippen molar-refractivity contribution in [1.82, 2.24) is 15.2 Å². The molecule has 1 heterocycles. The molecule has 10 heteroatoms. The van der Waals surface area contributed by atoms with Gasteiger partial charge in [0.05, 0.1) is 19.3 Å². The lowest BCUT2D eigenvalue weighted by Crippen LogP contribution is -2.19. The van der Waals surface area contributed by atoms with Crippen molar-refractivity contribution in [2.75, 3.05) is 17.6 Å². The van der Waals surface area contributed by atoms with E-state index < -0.39 is 28.2 Å². The van der Waals surface area contributed by atoms with Gasteiger partial charge in [-0.2, -0.15) is 4.98 Å². The fourth-order valence-corrected chi connectivity index (χ4v) is 1.73. The second kappa shape index (κ2) is 4.79. The Bertz CT molecular complexity index is 467. The minimum atomic E-state index is -3.74. The summed E-state index contributed by atoms with van der Waals surface area (Å²) in [5, 5.41) is 14.1. The van der Waals surface area contributed by atoms with E-state index in [0.29, 0.717) is 0 Å². The van der Waals surface area contributed by atoms with E-state index in [-0.39, 0.29) is 12.0 Å². The van der Waals surface area contributed by atoms with E-state index in [2.05, 4.69) is 19.9 Å². The summed E-state index contributed by atoms with van der Waals surface area (Å²) in [7, 11) is -2.42. The number of carbonyl (C=O) groups is 1. The highest BCUT2D eigenvalue weighted by atomic mass is 32.2. The largest absolute Gasteiger partial charge is 0.481 e. The number of nitrogens with zero attached hydrogens (tertiary/aromatic N) is 2. The van der Waals surface area contributed by atoms with Crippen molar-refractivity contribution in [2.24, 2.45) is 0 Å². The molecule has 3 N–H and O–H groups in total. The standard InChI is InChI=1S/C6H10N4O5S/c1-15-6-7-5(8-9-6)10-16(13,14)3-2-4(11)12/h2-3H2,1H3,(H,11,12)(H2,7,8,9,10). The number of sulfonamides is 1. The number of nitrogens with one attached hydrogen (secondary N) is 2. The van der Waals surface area contributed by atoms with Gasteiger partial charge in [0, 0.05) is 0 Å². The summed E-state index contributed by atoms with van der Waals surface area (Å²) in [6.07, 6.45) is -0.486. The SMILES string of the molecule is COc1n[nH]c(NS(=O)(=O)CCC(=O)O)n1. The molecule has 0 amide bonds. The number of aliphatic carboxylic acids is 1. The average molecular weight is 250 g/mol. The predicted octanol–water partition coefficient (Wildman–Crippen LogP) is -0.970. The van der Waals surface area contributed by atoms with Gasteiger partial charge in [-0.3, -0.25) is 9.52 Å². The number of aromatic nitrogens is 3. The second-order valence-electron chi connectivity index (χ2n) is 2.74. The van der Waals surface area contributed by atoms with Crippen molar-refractivity contribution >= 4 is 21.9 Å². The zero-order valence-corrected chi connectivity index (χ0v) is 9.11. The Morgan fingerprint density at radius 3 is 2.81 bits per heavy atom. The zero-order valence-electron chi connectivity index (χ0n) is 8.30. The number of rotatable bonds is 6. The topological polar surface area (TPSA) is 134 Å². The summed E-state index contributed by atoms with van der Waals surface area (Å²) >= 11 is 0. The number of ether oxygens (including phenoxy) is 1. The van der Waals surface area contributed by atoms with Crippen LogP contribution < -0.4 is 9.46 Å². The van der Waals surface area contributed by atoms with Gasteiger partial charge in [-0.15, -0.1) is 5.10 Å². The summed E-state index contributed by atoms with van der Waals surface area (Å²) in [5.41, 5.74) is 0. The number of carboxylic acids is 1. The van der Waals surface area contributed by atoms with E-state index in [1.165, 1.54) is 7.11 Å². The number of anilines is 1. The first-order chi connectivity index (χ1) is 7.43. The molecule has 0 spiro atoms. The molecule has 0 unspecified atom stereocenters. The van der Waals surface area contributed by atoms with Gasteiger partial charge in [0.15, 0.2) is 0 Å². The normalized spacial score (nSPS) is 11.1. The maximum atomic E-state index is 11.3. The lowest BCUT2D eigenvalue weighted by Gasteiger charge is -2.01. The lowest BCUT2D eigenvalue weighted by atomic mass is 10.5. The molecule has 16 heavy (non-hydrogen) atoms. The molecule has 1 aromatic heterocycles. The van der Waals surface area contributed by atoms with Crippen LogP contribution in [0.2, 0.25) is 0 Å². The molecular formula is C6H10N4O5S. The minimum Gasteiger partial charge on any atom is -0.481 e. The van der Waals surface area contributed by atoms with Gasteiger partial charge in [0.1, 0.15) is 0 Å². The van der Waals surface area contributed by atoms with Gasteiger partial charge < -0.3 is 9.84 Å². The summed E-state index contributed by atoms with van der Waals surface area (Å²) in [6.45, 7) is 0. The van der Waals surface area contributed by atoms with Gasteiger partial charge in [-0.25, -0.2) is 13.5 Å². The fourth-order valence-electron chi connectivity index (χ4n) is 0.803. The van der Waals surface area contributed by atoms with Crippen molar-refractivity contribution in [1.29, 1.82) is 0 Å². The quantitative estimate of drug-likeness (QED) is 0.591. The van der Waals surface area contributed by atoms with Crippen LogP contribution in [0.1, 0.15) is 6.42 Å². The van der Waals surface area contributed by atoms with E-state index in [1.54, 1.807) is 0 Å². The van der Waals surface area contributed by atoms with Crippen molar-refractivity contribution in [3.8, 4) is 6.01 Å². The van der Waals surface area contributed by atoms with E-state index >= 15 is 0 Å². The number of hydrogen-bond acceptors (Lipinski definition) is 6. The Balaban J connectivity index is 2.61. The zero-order chi connectivity index (χ0) is 12.2. The number of aromatic amines is 1. The van der Waals surface area contributed by atoms with E-state index in [9.17, 15) is 13.2 Å². The van der Waals surface area contributed by atoms with E-state index in [4.69, 9.17) is 5.11 Å². The third-order valence-corrected chi connectivity index (χ3v) is 2.73. The number of H-pyrrole nitrogens is 1. The van der Waals surface area contributed by atoms with Crippen LogP contribution in [-0.2, 0) is 14.8 Å².